The van der Waals surface area contributed by atoms with Gasteiger partial charge in [-0.05, 0) is 39.3 Å². The number of fused-ring (bicyclic) bond motifs is 1. The van der Waals surface area contributed by atoms with Gasteiger partial charge in [0.05, 0.1) is 37.8 Å². The molecule has 0 bridgehead atoms. The summed E-state index contributed by atoms with van der Waals surface area (Å²) >= 11 is 1.81. The van der Waals surface area contributed by atoms with Crippen molar-refractivity contribution in [1.29, 1.82) is 0 Å². The fraction of sp³-hybridized carbons (Fsp3) is 0.500. The summed E-state index contributed by atoms with van der Waals surface area (Å²) in [5, 5.41) is 1.26. The normalized spacial score (nSPS) is 14.9. The SMILES string of the molecule is CC[NH+](CC)Cc1nc(N2CCN(c3cccc[nH+]3)CC2)c2c(C)c(C)sc2n1. The first-order valence-electron chi connectivity index (χ1n) is 10.7. The number of rotatable bonds is 6. The molecular weight excluding hydrogens is 380 g/mol. The molecule has 0 aliphatic carbocycles. The van der Waals surface area contributed by atoms with Crippen molar-refractivity contribution in [2.45, 2.75) is 34.2 Å². The number of aryl methyl sites for hydroxylation is 2. The number of anilines is 2. The molecule has 1 fully saturated rings. The molecule has 3 aromatic heterocycles. The third-order valence-corrected chi connectivity index (χ3v) is 7.18. The summed E-state index contributed by atoms with van der Waals surface area (Å²) in [4.78, 5) is 22.3. The van der Waals surface area contributed by atoms with Crippen LogP contribution in [-0.4, -0.2) is 49.2 Å². The molecule has 154 valence electrons. The van der Waals surface area contributed by atoms with Crippen molar-refractivity contribution in [3.8, 4) is 0 Å². The maximum atomic E-state index is 5.11. The lowest BCUT2D eigenvalue weighted by atomic mass is 10.2. The molecule has 7 heteroatoms. The fourth-order valence-electron chi connectivity index (χ4n) is 4.04. The zero-order chi connectivity index (χ0) is 20.4. The van der Waals surface area contributed by atoms with Crippen LogP contribution in [0, 0.1) is 13.8 Å². The van der Waals surface area contributed by atoms with Crippen molar-refractivity contribution in [2.75, 3.05) is 49.1 Å². The number of hydrogen-bond donors (Lipinski definition) is 1. The van der Waals surface area contributed by atoms with E-state index in [0.717, 1.165) is 62.3 Å². The molecule has 6 nitrogen and oxygen atoms in total. The van der Waals surface area contributed by atoms with E-state index in [4.69, 9.17) is 9.97 Å². The highest BCUT2D eigenvalue weighted by atomic mass is 32.1. The van der Waals surface area contributed by atoms with Crippen molar-refractivity contribution in [3.63, 3.8) is 0 Å². The number of H-pyrrole nitrogens is 1. The molecule has 1 aliphatic heterocycles. The Balaban J connectivity index is 1.63. The number of pyridine rings is 1. The van der Waals surface area contributed by atoms with Gasteiger partial charge in [0, 0.05) is 10.9 Å². The molecule has 2 N–H and O–H groups in total. The number of quaternary nitrogens is 1. The number of thiophene rings is 1. The molecule has 0 radical (unpaired) electrons. The van der Waals surface area contributed by atoms with Gasteiger partial charge in [-0.3, -0.25) is 4.90 Å². The van der Waals surface area contributed by atoms with Crippen LogP contribution in [0.4, 0.5) is 11.6 Å². The molecule has 1 aliphatic rings. The highest BCUT2D eigenvalue weighted by molar-refractivity contribution is 7.18. The summed E-state index contributed by atoms with van der Waals surface area (Å²) in [5.41, 5.74) is 1.33. The Morgan fingerprint density at radius 2 is 1.76 bits per heavy atom. The van der Waals surface area contributed by atoms with Crippen LogP contribution in [0.3, 0.4) is 0 Å². The van der Waals surface area contributed by atoms with Crippen molar-refractivity contribution < 1.29 is 9.88 Å². The van der Waals surface area contributed by atoms with E-state index in [0.29, 0.717) is 0 Å². The molecule has 0 unspecified atom stereocenters. The molecule has 1 saturated heterocycles. The highest BCUT2D eigenvalue weighted by Crippen LogP contribution is 2.35. The smallest absolute Gasteiger partial charge is 0.274 e. The summed E-state index contributed by atoms with van der Waals surface area (Å²) < 4.78 is 0. The molecule has 0 amide bonds. The molecular formula is C22H32N6S+2. The Morgan fingerprint density at radius 3 is 2.41 bits per heavy atom. The van der Waals surface area contributed by atoms with Crippen LogP contribution in [0.2, 0.25) is 0 Å². The van der Waals surface area contributed by atoms with Crippen LogP contribution in [0.15, 0.2) is 24.4 Å². The van der Waals surface area contributed by atoms with Gasteiger partial charge >= 0.3 is 0 Å². The van der Waals surface area contributed by atoms with Gasteiger partial charge in [-0.25, -0.2) is 15.0 Å². The Hall–Kier alpha value is -2.25. The summed E-state index contributed by atoms with van der Waals surface area (Å²) in [6, 6.07) is 6.26. The minimum Gasteiger partial charge on any atom is -0.348 e. The Labute approximate surface area is 177 Å². The minimum atomic E-state index is 0.894. The first-order valence-corrected chi connectivity index (χ1v) is 11.5. The number of nitrogens with one attached hydrogen (secondary N) is 2. The lowest BCUT2D eigenvalue weighted by Crippen LogP contribution is -3.10. The summed E-state index contributed by atoms with van der Waals surface area (Å²) in [6.45, 7) is 15.9. The maximum Gasteiger partial charge on any atom is 0.274 e. The fourth-order valence-corrected chi connectivity index (χ4v) is 5.09. The maximum absolute atomic E-state index is 5.11. The number of hydrogen-bond acceptors (Lipinski definition) is 5. The summed E-state index contributed by atoms with van der Waals surface area (Å²) in [7, 11) is 0. The quantitative estimate of drug-likeness (QED) is 0.672. The van der Waals surface area contributed by atoms with Crippen LogP contribution in [0.5, 0.6) is 0 Å². The van der Waals surface area contributed by atoms with Crippen molar-refractivity contribution in [2.24, 2.45) is 0 Å². The second-order valence-corrected chi connectivity index (χ2v) is 8.99. The average Bonchev–Trinajstić information content (AvgIpc) is 3.05. The lowest BCUT2D eigenvalue weighted by Gasteiger charge is -2.32. The van der Waals surface area contributed by atoms with E-state index in [2.05, 4.69) is 54.6 Å². The van der Waals surface area contributed by atoms with E-state index in [1.54, 1.807) is 0 Å². The Morgan fingerprint density at radius 1 is 1.03 bits per heavy atom. The van der Waals surface area contributed by atoms with Gasteiger partial charge in [0.1, 0.15) is 30.3 Å². The number of aromatic nitrogens is 3. The summed E-state index contributed by atoms with van der Waals surface area (Å²) in [6.07, 6.45) is 2.00. The van der Waals surface area contributed by atoms with Crippen molar-refractivity contribution in [1.82, 2.24) is 9.97 Å². The number of nitrogens with zero attached hydrogens (tertiary/aromatic N) is 4. The minimum absolute atomic E-state index is 0.894. The third-order valence-electron chi connectivity index (χ3n) is 6.08. The molecule has 0 saturated carbocycles. The van der Waals surface area contributed by atoms with Gasteiger partial charge < -0.3 is 9.80 Å². The van der Waals surface area contributed by atoms with E-state index in [-0.39, 0.29) is 0 Å². The predicted octanol–water partition coefficient (Wildman–Crippen LogP) is 1.87. The lowest BCUT2D eigenvalue weighted by molar-refractivity contribution is -0.910. The van der Waals surface area contributed by atoms with Crippen LogP contribution >= 0.6 is 11.3 Å². The molecule has 0 atom stereocenters. The topological polar surface area (TPSA) is 50.8 Å². The van der Waals surface area contributed by atoms with E-state index in [1.165, 1.54) is 26.5 Å². The van der Waals surface area contributed by atoms with E-state index >= 15 is 0 Å². The van der Waals surface area contributed by atoms with E-state index in [1.807, 2.05) is 23.6 Å². The van der Waals surface area contributed by atoms with Crippen LogP contribution in [0.25, 0.3) is 10.2 Å². The zero-order valence-corrected chi connectivity index (χ0v) is 18.8. The second kappa shape index (κ2) is 8.63. The van der Waals surface area contributed by atoms with Crippen LogP contribution in [0.1, 0.15) is 30.1 Å². The van der Waals surface area contributed by atoms with Crippen LogP contribution < -0.4 is 19.7 Å². The largest absolute Gasteiger partial charge is 0.348 e. The standard InChI is InChI=1S/C22H30N6S/c1-5-26(6-2)15-18-24-21(20-16(3)17(4)29-22(20)25-18)28-13-11-27(12-14-28)19-9-7-8-10-23-19/h7-10H,5-6,11-15H2,1-4H3/p+2. The zero-order valence-electron chi connectivity index (χ0n) is 18.0. The van der Waals surface area contributed by atoms with Gasteiger partial charge in [-0.1, -0.05) is 6.07 Å². The molecule has 29 heavy (non-hydrogen) atoms. The molecule has 4 heterocycles. The van der Waals surface area contributed by atoms with Gasteiger partial charge in [0.25, 0.3) is 5.82 Å². The van der Waals surface area contributed by atoms with Crippen LogP contribution in [-0.2, 0) is 6.54 Å². The Kier molecular flexibility index (Phi) is 5.96. The monoisotopic (exact) mass is 412 g/mol. The van der Waals surface area contributed by atoms with Gasteiger partial charge in [0.2, 0.25) is 0 Å². The van der Waals surface area contributed by atoms with Crippen molar-refractivity contribution in [3.05, 3.63) is 40.7 Å². The van der Waals surface area contributed by atoms with E-state index < -0.39 is 0 Å². The Bertz CT molecular complexity index is 958. The highest BCUT2D eigenvalue weighted by Gasteiger charge is 2.27. The first kappa shape index (κ1) is 20.0. The number of piperazine rings is 1. The van der Waals surface area contributed by atoms with E-state index in [9.17, 15) is 0 Å². The van der Waals surface area contributed by atoms with Crippen molar-refractivity contribution >= 4 is 33.2 Å². The van der Waals surface area contributed by atoms with Gasteiger partial charge in [0.15, 0.2) is 5.82 Å². The molecule has 3 aromatic rings. The van der Waals surface area contributed by atoms with Gasteiger partial charge in [-0.15, -0.1) is 11.3 Å². The number of aromatic amines is 1. The van der Waals surface area contributed by atoms with Gasteiger partial charge in [-0.2, -0.15) is 0 Å². The molecule has 0 aromatic carbocycles. The average molecular weight is 413 g/mol. The molecule has 0 spiro atoms. The molecule has 4 rings (SSSR count). The predicted molar refractivity (Wildman–Crippen MR) is 120 cm³/mol. The second-order valence-electron chi connectivity index (χ2n) is 7.78. The summed E-state index contributed by atoms with van der Waals surface area (Å²) in [5.74, 6) is 3.30. The first-order chi connectivity index (χ1) is 14.1. The third kappa shape index (κ3) is 4.07.